The van der Waals surface area contributed by atoms with Crippen molar-refractivity contribution < 1.29 is 9.67 Å². The summed E-state index contributed by atoms with van der Waals surface area (Å²) in [6.45, 7) is 3.45. The van der Waals surface area contributed by atoms with Crippen molar-refractivity contribution in [2.45, 2.75) is 32.0 Å². The molecule has 110 valence electrons. The quantitative estimate of drug-likeness (QED) is 0.863. The zero-order chi connectivity index (χ0) is 14.9. The Morgan fingerprint density at radius 1 is 1.38 bits per heavy atom. The Labute approximate surface area is 133 Å². The van der Waals surface area contributed by atoms with Gasteiger partial charge in [-0.3, -0.25) is 0 Å². The van der Waals surface area contributed by atoms with E-state index in [1.807, 2.05) is 46.0 Å². The molecule has 1 aliphatic rings. The summed E-state index contributed by atoms with van der Waals surface area (Å²) in [6, 6.07) is 9.76. The minimum atomic E-state index is -1.03. The van der Waals surface area contributed by atoms with Crippen LogP contribution in [0.3, 0.4) is 0 Å². The first-order chi connectivity index (χ1) is 10.1. The third-order valence-electron chi connectivity index (χ3n) is 3.92. The van der Waals surface area contributed by atoms with Gasteiger partial charge in [0.1, 0.15) is 12.7 Å². The van der Waals surface area contributed by atoms with Gasteiger partial charge in [-0.15, -0.1) is 0 Å². The number of anilines is 1. The first kappa shape index (κ1) is 14.5. The zero-order valence-electron chi connectivity index (χ0n) is 12.0. The maximum atomic E-state index is 11.3. The van der Waals surface area contributed by atoms with E-state index in [4.69, 9.17) is 0 Å². The Morgan fingerprint density at radius 2 is 2.14 bits per heavy atom. The van der Waals surface area contributed by atoms with Crippen LogP contribution in [0.4, 0.5) is 5.95 Å². The molecule has 0 unspecified atom stereocenters. The first-order valence-electron chi connectivity index (χ1n) is 7.25. The van der Waals surface area contributed by atoms with Crippen LogP contribution >= 0.6 is 15.9 Å². The van der Waals surface area contributed by atoms with Crippen LogP contribution < -0.4 is 9.47 Å². The van der Waals surface area contributed by atoms with Gasteiger partial charge in [0.05, 0.1) is 12.7 Å². The van der Waals surface area contributed by atoms with Crippen molar-refractivity contribution >= 4 is 21.9 Å². The zero-order valence-corrected chi connectivity index (χ0v) is 13.6. The fourth-order valence-electron chi connectivity index (χ4n) is 2.79. The number of fused-ring (bicyclic) bond motifs is 1. The van der Waals surface area contributed by atoms with Gasteiger partial charge in [-0.05, 0) is 18.6 Å². The Morgan fingerprint density at radius 3 is 2.86 bits per heavy atom. The van der Waals surface area contributed by atoms with Gasteiger partial charge >= 0.3 is 5.95 Å². The number of halogens is 1. The fourth-order valence-corrected chi connectivity index (χ4v) is 3.06. The molecule has 0 saturated heterocycles. The third-order valence-corrected chi connectivity index (χ3v) is 4.45. The average molecular weight is 349 g/mol. The summed E-state index contributed by atoms with van der Waals surface area (Å²) >= 11 is 3.44. The smallest absolute Gasteiger partial charge is 0.353 e. The summed E-state index contributed by atoms with van der Waals surface area (Å²) in [6.07, 6.45) is 5.85. The van der Waals surface area contributed by atoms with Gasteiger partial charge < -0.3 is 5.11 Å². The number of benzene rings is 1. The minimum Gasteiger partial charge on any atom is -0.353 e. The van der Waals surface area contributed by atoms with Crippen LogP contribution in [0.25, 0.3) is 0 Å². The summed E-state index contributed by atoms with van der Waals surface area (Å²) in [5.41, 5.74) is -0.135. The molecule has 0 saturated carbocycles. The topological polar surface area (TPSA) is 40.2 Å². The van der Waals surface area contributed by atoms with Gasteiger partial charge in [0, 0.05) is 16.1 Å². The fraction of sp³-hybridized carbons (Fsp3) is 0.375. The van der Waals surface area contributed by atoms with E-state index in [-0.39, 0.29) is 0 Å². The standard InChI is InChI=1S/C16H19BrN3O/c1-2-3-11-20-15-18-9-4-10-19(15)12-16(20,21)13-5-7-14(17)8-6-13/h4-10,21H,2-3,11-12H2,1H3/q+1/t16-/m1/s1. The van der Waals surface area contributed by atoms with Crippen molar-refractivity contribution in [3.63, 3.8) is 0 Å². The number of hydrogen-bond donors (Lipinski definition) is 1. The highest BCUT2D eigenvalue weighted by Crippen LogP contribution is 2.34. The van der Waals surface area contributed by atoms with Gasteiger partial charge in [0.25, 0.3) is 0 Å². The number of aromatic nitrogens is 2. The summed E-state index contributed by atoms with van der Waals surface area (Å²) in [4.78, 5) is 6.47. The molecular weight excluding hydrogens is 330 g/mol. The molecule has 0 radical (unpaired) electrons. The van der Waals surface area contributed by atoms with Crippen LogP contribution in [0.15, 0.2) is 47.2 Å². The maximum Gasteiger partial charge on any atom is 0.396 e. The lowest BCUT2D eigenvalue weighted by Crippen LogP contribution is -2.46. The predicted octanol–water partition coefficient (Wildman–Crippen LogP) is 2.60. The minimum absolute atomic E-state index is 0.502. The lowest BCUT2D eigenvalue weighted by atomic mass is 10.0. The van der Waals surface area contributed by atoms with Crippen molar-refractivity contribution in [1.29, 1.82) is 0 Å². The Hall–Kier alpha value is -1.46. The molecule has 2 aromatic rings. The molecule has 1 N–H and O–H groups in total. The van der Waals surface area contributed by atoms with Gasteiger partial charge in [0.15, 0.2) is 0 Å². The number of nitrogens with zero attached hydrogens (tertiary/aromatic N) is 3. The molecule has 2 heterocycles. The number of rotatable bonds is 4. The van der Waals surface area contributed by atoms with E-state index in [0.29, 0.717) is 6.54 Å². The summed E-state index contributed by atoms with van der Waals surface area (Å²) in [5, 5.41) is 11.3. The highest BCUT2D eigenvalue weighted by atomic mass is 79.9. The van der Waals surface area contributed by atoms with E-state index < -0.39 is 5.72 Å². The first-order valence-corrected chi connectivity index (χ1v) is 8.05. The van der Waals surface area contributed by atoms with Crippen molar-refractivity contribution in [2.24, 2.45) is 0 Å². The molecule has 0 bridgehead atoms. The second-order valence-electron chi connectivity index (χ2n) is 5.38. The van der Waals surface area contributed by atoms with E-state index in [1.165, 1.54) is 0 Å². The van der Waals surface area contributed by atoms with Gasteiger partial charge in [-0.1, -0.05) is 46.4 Å². The Balaban J connectivity index is 2.02. The predicted molar refractivity (Wildman–Crippen MR) is 84.7 cm³/mol. The van der Waals surface area contributed by atoms with Crippen LogP contribution in [-0.4, -0.2) is 16.6 Å². The molecule has 1 aromatic heterocycles. The lowest BCUT2D eigenvalue weighted by Gasteiger charge is -2.28. The molecule has 1 aromatic carbocycles. The molecule has 21 heavy (non-hydrogen) atoms. The highest BCUT2D eigenvalue weighted by Gasteiger charge is 2.50. The highest BCUT2D eigenvalue weighted by molar-refractivity contribution is 9.10. The molecular formula is C16H19BrN3O+. The number of aliphatic hydroxyl groups is 1. The molecule has 0 aliphatic carbocycles. The summed E-state index contributed by atoms with van der Waals surface area (Å²) in [5.74, 6) is 0.830. The summed E-state index contributed by atoms with van der Waals surface area (Å²) < 4.78 is 3.02. The monoisotopic (exact) mass is 348 g/mol. The van der Waals surface area contributed by atoms with Crippen LogP contribution in [0.1, 0.15) is 25.3 Å². The lowest BCUT2D eigenvalue weighted by molar-refractivity contribution is -0.685. The molecule has 0 spiro atoms. The van der Waals surface area contributed by atoms with Gasteiger partial charge in [-0.25, -0.2) is 9.47 Å². The largest absolute Gasteiger partial charge is 0.396 e. The molecule has 5 heteroatoms. The van der Waals surface area contributed by atoms with Crippen LogP contribution in [-0.2, 0) is 12.3 Å². The Kier molecular flexibility index (Phi) is 3.95. The van der Waals surface area contributed by atoms with Crippen molar-refractivity contribution in [1.82, 2.24) is 4.98 Å². The molecule has 4 nitrogen and oxygen atoms in total. The van der Waals surface area contributed by atoms with E-state index in [2.05, 4.69) is 27.8 Å². The van der Waals surface area contributed by atoms with E-state index in [9.17, 15) is 5.11 Å². The second kappa shape index (κ2) is 5.73. The van der Waals surface area contributed by atoms with Crippen LogP contribution in [0, 0.1) is 0 Å². The van der Waals surface area contributed by atoms with Gasteiger partial charge in [-0.2, -0.15) is 0 Å². The normalized spacial score (nSPS) is 20.6. The molecule has 0 fully saturated rings. The van der Waals surface area contributed by atoms with Crippen LogP contribution in [0.5, 0.6) is 0 Å². The van der Waals surface area contributed by atoms with Crippen molar-refractivity contribution in [3.8, 4) is 0 Å². The maximum absolute atomic E-state index is 11.3. The Bertz CT molecular complexity index is 632. The van der Waals surface area contributed by atoms with E-state index >= 15 is 0 Å². The average Bonchev–Trinajstić information content (AvgIpc) is 2.78. The third kappa shape index (κ3) is 2.56. The summed E-state index contributed by atoms with van der Waals surface area (Å²) in [7, 11) is 0. The van der Waals surface area contributed by atoms with Crippen molar-refractivity contribution in [2.75, 3.05) is 11.4 Å². The SMILES string of the molecule is CCCCN1c2nccc[n+]2C[C@@]1(O)c1ccc(Br)cc1. The molecule has 3 rings (SSSR count). The number of unbranched alkanes of at least 4 members (excludes halogenated alkanes) is 1. The molecule has 1 atom stereocenters. The van der Waals surface area contributed by atoms with E-state index in [1.54, 1.807) is 6.20 Å². The molecule has 0 amide bonds. The molecule has 1 aliphatic heterocycles. The van der Waals surface area contributed by atoms with Gasteiger partial charge in [0.2, 0.25) is 5.72 Å². The van der Waals surface area contributed by atoms with E-state index in [0.717, 1.165) is 35.4 Å². The number of hydrogen-bond acceptors (Lipinski definition) is 3. The van der Waals surface area contributed by atoms with Crippen molar-refractivity contribution in [3.05, 3.63) is 52.8 Å². The second-order valence-corrected chi connectivity index (χ2v) is 6.29. The van der Waals surface area contributed by atoms with Crippen LogP contribution in [0.2, 0.25) is 0 Å².